The predicted octanol–water partition coefficient (Wildman–Crippen LogP) is -3.13. The molecule has 0 aromatic heterocycles. The molecule has 0 amide bonds. The summed E-state index contributed by atoms with van der Waals surface area (Å²) in [7, 11) is 0. The molecule has 0 bridgehead atoms. The number of ether oxygens (including phenoxy) is 4. The lowest BCUT2D eigenvalue weighted by Crippen LogP contribution is -2.66. The molecule has 19 N–H and O–H groups in total. The van der Waals surface area contributed by atoms with Crippen molar-refractivity contribution in [3.63, 3.8) is 0 Å². The molecule has 0 fully saturated rings. The van der Waals surface area contributed by atoms with Gasteiger partial charge < -0.3 is 69.4 Å². The van der Waals surface area contributed by atoms with Crippen molar-refractivity contribution in [2.24, 2.45) is 34.4 Å². The van der Waals surface area contributed by atoms with Gasteiger partial charge in [0.25, 0.3) is 5.56 Å². The number of benzene rings is 1. The van der Waals surface area contributed by atoms with Crippen LogP contribution in [0.25, 0.3) is 22.6 Å². The van der Waals surface area contributed by atoms with Crippen LogP contribution in [-0.2, 0) is 44.7 Å². The third-order valence-electron chi connectivity index (χ3n) is 10.7. The van der Waals surface area contributed by atoms with Gasteiger partial charge in [-0.05, 0) is 108 Å². The second-order valence-electron chi connectivity index (χ2n) is 15.9. The maximum Gasteiger partial charge on any atom is 0.365 e. The molecule has 63 heavy (non-hydrogen) atoms. The van der Waals surface area contributed by atoms with E-state index in [4.69, 9.17) is 53.3 Å². The average molecular weight is 891 g/mol. The molecule has 1 aromatic carbocycles. The monoisotopic (exact) mass is 891 g/mol. The highest BCUT2D eigenvalue weighted by Crippen LogP contribution is 2.27. The van der Waals surface area contributed by atoms with Crippen LogP contribution in [0.5, 0.6) is 0 Å². The van der Waals surface area contributed by atoms with Gasteiger partial charge in [0.2, 0.25) is 0 Å². The second-order valence-corrected chi connectivity index (χ2v) is 15.9. The van der Waals surface area contributed by atoms with Gasteiger partial charge in [-0.1, -0.05) is 19.3 Å². The normalized spacial score (nSPS) is 15.0. The molecule has 0 aliphatic carbocycles. The summed E-state index contributed by atoms with van der Waals surface area (Å²) in [5, 5.41) is 0. The van der Waals surface area contributed by atoms with E-state index in [0.29, 0.717) is 95.0 Å². The van der Waals surface area contributed by atoms with Crippen LogP contribution in [-0.4, -0.2) is 119 Å². The molecular formula is C41H70N12O10+2. The van der Waals surface area contributed by atoms with E-state index >= 15 is 0 Å². The standard InChI is InChI=1S/C41H68N12O10/c1-23-19-29-30(20-24(23)2)53(35-33(50-29)36(54)52-41(59)51-35)21-31(61-38(56)26(47)12-4-8-16-43)34(63-40(58)28(49)14-6-10-18-45)32(62-39(57)27(48)13-5-9-17-44)22-60-37(55)25(46)11-3-7-15-42/h19-20,25-28,31-32,34H,3-18,21-22,42-49H2,1-2H3,(H,52,54,59)/p+2. The number of fused-ring (bicyclic) bond motifs is 2. The van der Waals surface area contributed by atoms with Crippen molar-refractivity contribution in [3.05, 3.63) is 44.1 Å². The van der Waals surface area contributed by atoms with E-state index in [0.717, 1.165) is 11.1 Å². The van der Waals surface area contributed by atoms with Crippen LogP contribution in [0, 0.1) is 13.8 Å². The molecule has 7 unspecified atom stereocenters. The van der Waals surface area contributed by atoms with E-state index in [2.05, 4.69) is 26.4 Å². The summed E-state index contributed by atoms with van der Waals surface area (Å²) in [5.41, 5.74) is 43.9. The van der Waals surface area contributed by atoms with Crippen molar-refractivity contribution in [2.75, 3.05) is 32.8 Å². The topological polar surface area (TPSA) is 397 Å². The predicted molar refractivity (Wildman–Crippen MR) is 232 cm³/mol. The van der Waals surface area contributed by atoms with Crippen molar-refractivity contribution >= 4 is 34.9 Å². The number of rotatable bonds is 29. The Morgan fingerprint density at radius 1 is 0.698 bits per heavy atom. The first-order valence-electron chi connectivity index (χ1n) is 21.8. The highest BCUT2D eigenvalue weighted by Gasteiger charge is 2.43. The lowest BCUT2D eigenvalue weighted by atomic mass is 10.0. The summed E-state index contributed by atoms with van der Waals surface area (Å²) in [4.78, 5) is 92.0. The van der Waals surface area contributed by atoms with Gasteiger partial charge in [-0.25, -0.2) is 14.6 Å². The quantitative estimate of drug-likeness (QED) is 0.0144. The van der Waals surface area contributed by atoms with Crippen molar-refractivity contribution in [1.29, 1.82) is 0 Å². The molecule has 0 saturated heterocycles. The summed E-state index contributed by atoms with van der Waals surface area (Å²) < 4.78 is 25.4. The molecule has 3 rings (SSSR count). The zero-order valence-corrected chi connectivity index (χ0v) is 36.7. The maximum atomic E-state index is 14.0. The Morgan fingerprint density at radius 3 is 1.79 bits per heavy atom. The molecular weight excluding hydrogens is 821 g/mol. The van der Waals surface area contributed by atoms with Gasteiger partial charge >= 0.3 is 29.6 Å². The number of carbonyl (C=O) groups excluding carboxylic acids is 4. The van der Waals surface area contributed by atoms with Gasteiger partial charge in [0.15, 0.2) is 35.9 Å². The molecule has 1 aromatic rings. The fourth-order valence-electron chi connectivity index (χ4n) is 6.75. The Kier molecular flexibility index (Phi) is 22.2. The van der Waals surface area contributed by atoms with Crippen molar-refractivity contribution in [1.82, 2.24) is 19.5 Å². The Balaban J connectivity index is 2.33. The minimum absolute atomic E-state index is 0.148. The fraction of sp³-hybridized carbons (Fsp3) is 0.659. The van der Waals surface area contributed by atoms with Gasteiger partial charge in [0, 0.05) is 6.42 Å². The number of unbranched alkanes of at least 4 members (excludes halogenated alkanes) is 4. The molecule has 0 spiro atoms. The molecule has 2 heterocycles. The van der Waals surface area contributed by atoms with E-state index < -0.39 is 90.8 Å². The highest BCUT2D eigenvalue weighted by atomic mass is 16.6. The molecule has 7 atom stereocenters. The Bertz CT molecular complexity index is 2030. The second kappa shape index (κ2) is 26.6. The molecule has 0 radical (unpaired) electrons. The van der Waals surface area contributed by atoms with E-state index in [1.54, 1.807) is 12.1 Å². The number of H-pyrrole nitrogens is 1. The summed E-state index contributed by atoms with van der Waals surface area (Å²) >= 11 is 0. The number of hydrogen-bond donors (Lipinski definition) is 9. The van der Waals surface area contributed by atoms with E-state index in [1.165, 1.54) is 4.57 Å². The number of nitrogens with zero attached hydrogens (tertiary/aromatic N) is 3. The zero-order valence-electron chi connectivity index (χ0n) is 36.7. The molecule has 2 aliphatic rings. The molecule has 0 saturated carbocycles. The summed E-state index contributed by atoms with van der Waals surface area (Å²) in [6.45, 7) is 4.14. The first kappa shape index (κ1) is 52.4. The molecule has 2 aliphatic heterocycles. The lowest BCUT2D eigenvalue weighted by Gasteiger charge is -2.34. The third-order valence-corrected chi connectivity index (χ3v) is 10.7. The number of carbonyl (C=O) groups is 4. The Hall–Kier alpha value is -4.94. The Morgan fingerprint density at radius 2 is 1.22 bits per heavy atom. The number of hydrogen-bond acceptors (Lipinski definition) is 18. The molecule has 22 heteroatoms. The van der Waals surface area contributed by atoms with E-state index in [1.807, 2.05) is 13.8 Å². The summed E-state index contributed by atoms with van der Waals surface area (Å²) in [6.07, 6.45) is 0.195. The smallest absolute Gasteiger partial charge is 0.365 e. The van der Waals surface area contributed by atoms with Gasteiger partial charge in [-0.3, -0.25) is 24.2 Å². The van der Waals surface area contributed by atoms with Crippen LogP contribution in [0.15, 0.2) is 21.7 Å². The number of aromatic amines is 1. The fourth-order valence-corrected chi connectivity index (χ4v) is 6.75. The van der Waals surface area contributed by atoms with Gasteiger partial charge in [0.1, 0.15) is 24.7 Å². The SMILES string of the molecule is Cc1cc2nc3c(=O)[nH]c(=O)nc-3n(CC(OC(=O)C(N)CCCCN)C(OC(=O)C(N)CCCCN)C(COC(=O)C(N)CCCCN)OC(=O)C([NH3+])CCCC[NH3+])c2cc1C. The van der Waals surface area contributed by atoms with Crippen molar-refractivity contribution in [2.45, 2.75) is 140 Å². The largest absolute Gasteiger partial charge is 0.460 e. The first-order valence-corrected chi connectivity index (χ1v) is 21.8. The minimum Gasteiger partial charge on any atom is -0.460 e. The minimum atomic E-state index is -1.79. The number of esters is 4. The van der Waals surface area contributed by atoms with Gasteiger partial charge in [-0.2, -0.15) is 4.98 Å². The number of aromatic nitrogens is 4. The van der Waals surface area contributed by atoms with Crippen LogP contribution in [0.4, 0.5) is 0 Å². The number of quaternary nitrogens is 2. The average Bonchev–Trinajstić information content (AvgIpc) is 3.24. The van der Waals surface area contributed by atoms with Gasteiger partial charge in [0.05, 0.1) is 24.1 Å². The number of nitrogens with one attached hydrogen (secondary N) is 1. The van der Waals surface area contributed by atoms with Gasteiger partial charge in [-0.15, -0.1) is 0 Å². The first-order chi connectivity index (χ1) is 30.1. The molecule has 352 valence electrons. The zero-order chi connectivity index (χ0) is 46.6. The van der Waals surface area contributed by atoms with Crippen molar-refractivity contribution in [3.8, 4) is 11.5 Å². The van der Waals surface area contributed by atoms with Crippen LogP contribution >= 0.6 is 0 Å². The van der Waals surface area contributed by atoms with Crippen LogP contribution in [0.1, 0.15) is 88.2 Å². The summed E-state index contributed by atoms with van der Waals surface area (Å²) in [6, 6.07) is -0.986. The highest BCUT2D eigenvalue weighted by molar-refractivity contribution is 5.81. The number of nitrogens with two attached hydrogens (primary N) is 6. The molecule has 22 nitrogen and oxygen atoms in total. The van der Waals surface area contributed by atoms with Crippen LogP contribution in [0.3, 0.4) is 0 Å². The van der Waals surface area contributed by atoms with Crippen LogP contribution < -0.4 is 57.1 Å². The number of aryl methyl sites for hydroxylation is 2. The lowest BCUT2D eigenvalue weighted by molar-refractivity contribution is -0.411. The Labute approximate surface area is 366 Å². The summed E-state index contributed by atoms with van der Waals surface area (Å²) in [5.74, 6) is -3.82. The maximum absolute atomic E-state index is 14.0. The van der Waals surface area contributed by atoms with E-state index in [9.17, 15) is 28.8 Å². The van der Waals surface area contributed by atoms with Crippen molar-refractivity contribution < 1.29 is 49.6 Å². The van der Waals surface area contributed by atoms with E-state index in [-0.39, 0.29) is 30.8 Å². The third kappa shape index (κ3) is 16.0. The van der Waals surface area contributed by atoms with Crippen LogP contribution in [0.2, 0.25) is 0 Å².